The molecule has 0 radical (unpaired) electrons. The van der Waals surface area contributed by atoms with Crippen LogP contribution in [0.25, 0.3) is 11.4 Å². The summed E-state index contributed by atoms with van der Waals surface area (Å²) in [5.41, 5.74) is 1.62. The topological polar surface area (TPSA) is 51.0 Å². The first-order valence-electron chi connectivity index (χ1n) is 7.51. The molecule has 5 heteroatoms. The highest BCUT2D eigenvalue weighted by Gasteiger charge is 2.26. The molecule has 1 aromatic heterocycles. The summed E-state index contributed by atoms with van der Waals surface area (Å²) in [5.74, 6) is 1.62. The van der Waals surface area contributed by atoms with Crippen molar-refractivity contribution >= 4 is 0 Å². The molecule has 1 aromatic carbocycles. The molecule has 4 nitrogen and oxygen atoms in total. The molecule has 3 rings (SSSR count). The molecule has 0 amide bonds. The van der Waals surface area contributed by atoms with Crippen molar-refractivity contribution in [3.05, 3.63) is 35.5 Å². The van der Waals surface area contributed by atoms with Crippen LogP contribution in [0.2, 0.25) is 0 Å². The maximum absolute atomic E-state index is 13.2. The van der Waals surface area contributed by atoms with Gasteiger partial charge in [-0.15, -0.1) is 0 Å². The number of benzene rings is 1. The van der Waals surface area contributed by atoms with E-state index in [4.69, 9.17) is 4.52 Å². The van der Waals surface area contributed by atoms with Crippen LogP contribution in [-0.4, -0.2) is 16.7 Å². The third-order valence-electron chi connectivity index (χ3n) is 4.26. The first kappa shape index (κ1) is 14.2. The first-order chi connectivity index (χ1) is 10.2. The molecule has 2 aromatic rings. The van der Waals surface area contributed by atoms with Crippen LogP contribution in [0.15, 0.2) is 22.7 Å². The average Bonchev–Trinajstić information content (AvgIpc) is 2.97. The number of piperidine rings is 1. The lowest BCUT2D eigenvalue weighted by atomic mass is 9.90. The number of hydrogen-bond donors (Lipinski definition) is 1. The van der Waals surface area contributed by atoms with Crippen molar-refractivity contribution in [1.29, 1.82) is 0 Å². The van der Waals surface area contributed by atoms with E-state index in [-0.39, 0.29) is 11.9 Å². The maximum atomic E-state index is 13.2. The highest BCUT2D eigenvalue weighted by atomic mass is 19.1. The van der Waals surface area contributed by atoms with E-state index in [1.54, 1.807) is 6.07 Å². The van der Waals surface area contributed by atoms with Gasteiger partial charge in [0.05, 0.1) is 6.04 Å². The Morgan fingerprint density at radius 1 is 1.43 bits per heavy atom. The zero-order chi connectivity index (χ0) is 14.8. The van der Waals surface area contributed by atoms with Gasteiger partial charge in [-0.1, -0.05) is 18.5 Å². The Balaban J connectivity index is 1.83. The minimum Gasteiger partial charge on any atom is -0.337 e. The van der Waals surface area contributed by atoms with Gasteiger partial charge in [-0.3, -0.25) is 0 Å². The molecule has 1 fully saturated rings. The summed E-state index contributed by atoms with van der Waals surface area (Å²) in [6.45, 7) is 5.05. The van der Waals surface area contributed by atoms with Crippen molar-refractivity contribution < 1.29 is 8.91 Å². The van der Waals surface area contributed by atoms with Gasteiger partial charge in [-0.25, -0.2) is 4.39 Å². The van der Waals surface area contributed by atoms with Gasteiger partial charge in [0.25, 0.3) is 0 Å². The molecule has 1 aliphatic rings. The number of halogens is 1. The average molecular weight is 289 g/mol. The van der Waals surface area contributed by atoms with Gasteiger partial charge in [0.1, 0.15) is 5.82 Å². The van der Waals surface area contributed by atoms with Crippen LogP contribution in [0.1, 0.15) is 43.7 Å². The number of nitrogens with one attached hydrogen (secondary N) is 1. The molecule has 21 heavy (non-hydrogen) atoms. The predicted octanol–water partition coefficient (Wildman–Crippen LogP) is 3.63. The van der Waals surface area contributed by atoms with Gasteiger partial charge in [0.2, 0.25) is 11.7 Å². The van der Waals surface area contributed by atoms with E-state index in [1.165, 1.54) is 25.0 Å². The Hall–Kier alpha value is -1.75. The Kier molecular flexibility index (Phi) is 4.01. The summed E-state index contributed by atoms with van der Waals surface area (Å²) in [6, 6.07) is 4.73. The first-order valence-corrected chi connectivity index (χ1v) is 7.51. The third kappa shape index (κ3) is 2.97. The van der Waals surface area contributed by atoms with Crippen molar-refractivity contribution in [2.24, 2.45) is 5.92 Å². The van der Waals surface area contributed by atoms with Crippen molar-refractivity contribution in [2.75, 3.05) is 6.54 Å². The van der Waals surface area contributed by atoms with Crippen molar-refractivity contribution in [3.63, 3.8) is 0 Å². The third-order valence-corrected chi connectivity index (χ3v) is 4.26. The molecule has 2 heterocycles. The van der Waals surface area contributed by atoms with E-state index >= 15 is 0 Å². The van der Waals surface area contributed by atoms with E-state index in [0.29, 0.717) is 17.6 Å². The molecule has 0 aliphatic carbocycles. The van der Waals surface area contributed by atoms with Crippen LogP contribution in [0.5, 0.6) is 0 Å². The summed E-state index contributed by atoms with van der Waals surface area (Å²) < 4.78 is 18.6. The van der Waals surface area contributed by atoms with E-state index in [0.717, 1.165) is 24.1 Å². The molecular weight excluding hydrogens is 269 g/mol. The quantitative estimate of drug-likeness (QED) is 0.937. The molecule has 0 spiro atoms. The fourth-order valence-corrected chi connectivity index (χ4v) is 2.92. The minimum atomic E-state index is -0.250. The molecule has 1 N–H and O–H groups in total. The van der Waals surface area contributed by atoms with Crippen molar-refractivity contribution in [1.82, 2.24) is 15.5 Å². The minimum absolute atomic E-state index is 0.130. The number of aromatic nitrogens is 2. The lowest BCUT2D eigenvalue weighted by Crippen LogP contribution is -2.31. The number of rotatable bonds is 3. The monoisotopic (exact) mass is 289 g/mol. The van der Waals surface area contributed by atoms with Crippen LogP contribution >= 0.6 is 0 Å². The van der Waals surface area contributed by atoms with Gasteiger partial charge >= 0.3 is 0 Å². The number of nitrogens with zero attached hydrogens (tertiary/aromatic N) is 2. The van der Waals surface area contributed by atoms with Gasteiger partial charge in [0, 0.05) is 5.56 Å². The van der Waals surface area contributed by atoms with Crippen LogP contribution < -0.4 is 5.32 Å². The Bertz CT molecular complexity index is 626. The molecular formula is C16H20FN3O. The normalized spacial score (nSPS) is 22.4. The summed E-state index contributed by atoms with van der Waals surface area (Å²) in [4.78, 5) is 4.50. The van der Waals surface area contributed by atoms with Crippen LogP contribution in [0.4, 0.5) is 4.39 Å². The molecule has 112 valence electrons. The fraction of sp³-hybridized carbons (Fsp3) is 0.500. The highest BCUT2D eigenvalue weighted by molar-refractivity contribution is 5.59. The Morgan fingerprint density at radius 3 is 3.05 bits per heavy atom. The van der Waals surface area contributed by atoms with Gasteiger partial charge in [-0.2, -0.15) is 4.98 Å². The summed E-state index contributed by atoms with van der Waals surface area (Å²) in [6.07, 6.45) is 3.40. The zero-order valence-electron chi connectivity index (χ0n) is 12.4. The highest BCUT2D eigenvalue weighted by Crippen LogP contribution is 2.30. The lowest BCUT2D eigenvalue weighted by molar-refractivity contribution is 0.246. The van der Waals surface area contributed by atoms with Crippen LogP contribution in [-0.2, 0) is 0 Å². The summed E-state index contributed by atoms with van der Waals surface area (Å²) in [7, 11) is 0. The predicted molar refractivity (Wildman–Crippen MR) is 78.2 cm³/mol. The van der Waals surface area contributed by atoms with Crippen LogP contribution in [0, 0.1) is 18.7 Å². The fourth-order valence-electron chi connectivity index (χ4n) is 2.92. The Labute approximate surface area is 123 Å². The summed E-state index contributed by atoms with van der Waals surface area (Å²) in [5, 5.41) is 7.49. The van der Waals surface area contributed by atoms with Gasteiger partial charge in [-0.05, 0) is 56.0 Å². The van der Waals surface area contributed by atoms with Crippen molar-refractivity contribution in [3.8, 4) is 11.4 Å². The summed E-state index contributed by atoms with van der Waals surface area (Å²) >= 11 is 0. The maximum Gasteiger partial charge on any atom is 0.244 e. The molecule has 0 saturated carbocycles. The SMILES string of the molecule is CCC1CCNC(c2nc(-c3ccc(F)cc3C)no2)C1. The van der Waals surface area contributed by atoms with Gasteiger partial charge < -0.3 is 9.84 Å². The zero-order valence-corrected chi connectivity index (χ0v) is 12.4. The molecule has 0 bridgehead atoms. The van der Waals surface area contributed by atoms with E-state index < -0.39 is 0 Å². The lowest BCUT2D eigenvalue weighted by Gasteiger charge is -2.27. The largest absolute Gasteiger partial charge is 0.337 e. The Morgan fingerprint density at radius 2 is 2.29 bits per heavy atom. The van der Waals surface area contributed by atoms with E-state index in [2.05, 4.69) is 22.4 Å². The second-order valence-corrected chi connectivity index (χ2v) is 5.72. The van der Waals surface area contributed by atoms with Crippen molar-refractivity contribution in [2.45, 2.75) is 39.2 Å². The number of aryl methyl sites for hydroxylation is 1. The van der Waals surface area contributed by atoms with Gasteiger partial charge in [0.15, 0.2) is 0 Å². The number of hydrogen-bond acceptors (Lipinski definition) is 4. The molecule has 1 saturated heterocycles. The second-order valence-electron chi connectivity index (χ2n) is 5.72. The smallest absolute Gasteiger partial charge is 0.244 e. The molecule has 2 atom stereocenters. The molecule has 1 aliphatic heterocycles. The van der Waals surface area contributed by atoms with Crippen LogP contribution in [0.3, 0.4) is 0 Å². The molecule has 2 unspecified atom stereocenters. The van der Waals surface area contributed by atoms with E-state index in [9.17, 15) is 4.39 Å². The second kappa shape index (κ2) is 5.93. The standard InChI is InChI=1S/C16H20FN3O/c1-3-11-6-7-18-14(9-11)16-19-15(20-21-16)13-5-4-12(17)8-10(13)2/h4-5,8,11,14,18H,3,6-7,9H2,1-2H3. The van der Waals surface area contributed by atoms with E-state index in [1.807, 2.05) is 6.92 Å².